The van der Waals surface area contributed by atoms with Crippen LogP contribution in [0.2, 0.25) is 0 Å². The Labute approximate surface area is 138 Å². The van der Waals surface area contributed by atoms with Crippen molar-refractivity contribution in [2.75, 3.05) is 14.2 Å². The van der Waals surface area contributed by atoms with Crippen molar-refractivity contribution < 1.29 is 14.0 Å². The first-order valence-electron chi connectivity index (χ1n) is 7.02. The smallest absolute Gasteiger partial charge is 0.237 e. The normalized spacial score (nSPS) is 10.5. The minimum absolute atomic E-state index is 0.564. The van der Waals surface area contributed by atoms with E-state index in [2.05, 4.69) is 10.1 Å². The van der Waals surface area contributed by atoms with Crippen LogP contribution in [0.3, 0.4) is 0 Å². The monoisotopic (exact) mass is 328 g/mol. The molecule has 1 heterocycles. The van der Waals surface area contributed by atoms with Gasteiger partial charge in [0.15, 0.2) is 0 Å². The molecule has 1 aromatic heterocycles. The fourth-order valence-corrected chi connectivity index (χ4v) is 2.75. The second-order valence-electron chi connectivity index (χ2n) is 4.71. The van der Waals surface area contributed by atoms with E-state index in [-0.39, 0.29) is 0 Å². The van der Waals surface area contributed by atoms with Gasteiger partial charge >= 0.3 is 0 Å². The van der Waals surface area contributed by atoms with Crippen LogP contribution in [0.5, 0.6) is 11.5 Å². The van der Waals surface area contributed by atoms with Crippen molar-refractivity contribution in [3.05, 3.63) is 54.4 Å². The number of aromatic nitrogens is 2. The van der Waals surface area contributed by atoms with Crippen molar-refractivity contribution >= 4 is 11.8 Å². The van der Waals surface area contributed by atoms with Crippen molar-refractivity contribution in [2.45, 2.75) is 10.6 Å². The number of hydrogen-bond donors (Lipinski definition) is 0. The van der Waals surface area contributed by atoms with Gasteiger partial charge in [-0.1, -0.05) is 17.3 Å². The van der Waals surface area contributed by atoms with Crippen molar-refractivity contribution in [3.8, 4) is 22.9 Å². The molecule has 0 radical (unpaired) electrons. The first-order valence-corrected chi connectivity index (χ1v) is 8.01. The Bertz CT molecular complexity index is 772. The van der Waals surface area contributed by atoms with Crippen molar-refractivity contribution in [2.24, 2.45) is 0 Å². The van der Waals surface area contributed by atoms with Crippen LogP contribution in [0.4, 0.5) is 0 Å². The zero-order valence-corrected chi connectivity index (χ0v) is 13.7. The molecule has 6 heteroatoms. The van der Waals surface area contributed by atoms with Gasteiger partial charge in [0.2, 0.25) is 11.7 Å². The molecule has 5 nitrogen and oxygen atoms in total. The molecule has 0 atom stereocenters. The van der Waals surface area contributed by atoms with Gasteiger partial charge in [-0.05, 0) is 36.4 Å². The van der Waals surface area contributed by atoms with Crippen LogP contribution in [0.1, 0.15) is 5.89 Å². The van der Waals surface area contributed by atoms with Gasteiger partial charge in [0.05, 0.1) is 20.0 Å². The van der Waals surface area contributed by atoms with Gasteiger partial charge in [0.25, 0.3) is 0 Å². The summed E-state index contributed by atoms with van der Waals surface area (Å²) in [7, 11) is 3.28. The Hall–Kier alpha value is -2.47. The van der Waals surface area contributed by atoms with Gasteiger partial charge in [0.1, 0.15) is 11.5 Å². The summed E-state index contributed by atoms with van der Waals surface area (Å²) in [4.78, 5) is 5.54. The van der Waals surface area contributed by atoms with Gasteiger partial charge in [-0.25, -0.2) is 0 Å². The van der Waals surface area contributed by atoms with Crippen LogP contribution in [-0.4, -0.2) is 24.4 Å². The lowest BCUT2D eigenvalue weighted by molar-refractivity contribution is 0.391. The predicted molar refractivity (Wildman–Crippen MR) is 88.8 cm³/mol. The summed E-state index contributed by atoms with van der Waals surface area (Å²) in [5.74, 6) is 3.37. The zero-order valence-electron chi connectivity index (χ0n) is 12.9. The number of hydrogen-bond acceptors (Lipinski definition) is 6. The Morgan fingerprint density at radius 1 is 1.00 bits per heavy atom. The van der Waals surface area contributed by atoms with E-state index in [1.165, 1.54) is 0 Å². The lowest BCUT2D eigenvalue weighted by Crippen LogP contribution is -1.86. The molecule has 0 aliphatic carbocycles. The SMILES string of the molecule is COc1ccc(SCc2nc(-c3cccc(OC)c3)no2)cc1. The first-order chi connectivity index (χ1) is 11.3. The maximum absolute atomic E-state index is 5.31. The van der Waals surface area contributed by atoms with Crippen molar-refractivity contribution in [3.63, 3.8) is 0 Å². The quantitative estimate of drug-likeness (QED) is 0.636. The molecule has 118 valence electrons. The van der Waals surface area contributed by atoms with Crippen LogP contribution in [0, 0.1) is 0 Å². The van der Waals surface area contributed by atoms with Crippen LogP contribution < -0.4 is 9.47 Å². The maximum atomic E-state index is 5.31. The zero-order chi connectivity index (χ0) is 16.1. The highest BCUT2D eigenvalue weighted by molar-refractivity contribution is 7.98. The van der Waals surface area contributed by atoms with E-state index in [0.29, 0.717) is 17.5 Å². The molecule has 0 amide bonds. The molecule has 2 aromatic carbocycles. The summed E-state index contributed by atoms with van der Waals surface area (Å²) in [6.07, 6.45) is 0. The highest BCUT2D eigenvalue weighted by Crippen LogP contribution is 2.26. The highest BCUT2D eigenvalue weighted by Gasteiger charge is 2.10. The van der Waals surface area contributed by atoms with E-state index in [1.54, 1.807) is 26.0 Å². The van der Waals surface area contributed by atoms with Crippen molar-refractivity contribution in [1.29, 1.82) is 0 Å². The Balaban J connectivity index is 1.66. The van der Waals surface area contributed by atoms with E-state index in [1.807, 2.05) is 48.5 Å². The van der Waals surface area contributed by atoms with E-state index < -0.39 is 0 Å². The maximum Gasteiger partial charge on any atom is 0.237 e. The average Bonchev–Trinajstić information content (AvgIpc) is 3.09. The second-order valence-corrected chi connectivity index (χ2v) is 5.76. The van der Waals surface area contributed by atoms with Gasteiger partial charge in [-0.3, -0.25) is 0 Å². The minimum atomic E-state index is 0.564. The largest absolute Gasteiger partial charge is 0.497 e. The van der Waals surface area contributed by atoms with Crippen LogP contribution >= 0.6 is 11.8 Å². The molecule has 0 aliphatic heterocycles. The summed E-state index contributed by atoms with van der Waals surface area (Å²) < 4.78 is 15.7. The molecule has 3 rings (SSSR count). The topological polar surface area (TPSA) is 57.4 Å². The van der Waals surface area contributed by atoms with E-state index in [0.717, 1.165) is 22.0 Å². The van der Waals surface area contributed by atoms with Gasteiger partial charge in [-0.2, -0.15) is 4.98 Å². The molecule has 0 fully saturated rings. The molecule has 0 spiro atoms. The lowest BCUT2D eigenvalue weighted by atomic mass is 10.2. The highest BCUT2D eigenvalue weighted by atomic mass is 32.2. The predicted octanol–water partition coefficient (Wildman–Crippen LogP) is 4.05. The third-order valence-electron chi connectivity index (χ3n) is 3.22. The fourth-order valence-electron chi connectivity index (χ4n) is 2.01. The van der Waals surface area contributed by atoms with Crippen LogP contribution in [-0.2, 0) is 5.75 Å². The number of methoxy groups -OCH3 is 2. The van der Waals surface area contributed by atoms with E-state index in [9.17, 15) is 0 Å². The molecule has 0 bridgehead atoms. The number of thioether (sulfide) groups is 1. The van der Waals surface area contributed by atoms with Gasteiger partial charge in [-0.15, -0.1) is 11.8 Å². The third kappa shape index (κ3) is 3.84. The average molecular weight is 328 g/mol. The standard InChI is InChI=1S/C17H16N2O3S/c1-20-13-6-8-15(9-7-13)23-11-16-18-17(19-22-16)12-4-3-5-14(10-12)21-2/h3-10H,11H2,1-2H3. The number of nitrogens with zero attached hydrogens (tertiary/aromatic N) is 2. The molecule has 0 saturated carbocycles. The molecule has 23 heavy (non-hydrogen) atoms. The Morgan fingerprint density at radius 2 is 1.78 bits per heavy atom. The fraction of sp³-hybridized carbons (Fsp3) is 0.176. The second kappa shape index (κ2) is 7.19. The molecule has 0 unspecified atom stereocenters. The summed E-state index contributed by atoms with van der Waals surface area (Å²) in [5, 5.41) is 4.03. The molecular weight excluding hydrogens is 312 g/mol. The number of benzene rings is 2. The van der Waals surface area contributed by atoms with E-state index >= 15 is 0 Å². The summed E-state index contributed by atoms with van der Waals surface area (Å²) in [6, 6.07) is 15.4. The molecule has 0 N–H and O–H groups in total. The van der Waals surface area contributed by atoms with Crippen LogP contribution in [0.15, 0.2) is 57.9 Å². The summed E-state index contributed by atoms with van der Waals surface area (Å²) >= 11 is 1.63. The molecule has 0 saturated heterocycles. The Kier molecular flexibility index (Phi) is 4.83. The lowest BCUT2D eigenvalue weighted by Gasteiger charge is -2.01. The Morgan fingerprint density at radius 3 is 2.52 bits per heavy atom. The van der Waals surface area contributed by atoms with E-state index in [4.69, 9.17) is 14.0 Å². The number of ether oxygens (including phenoxy) is 2. The molecule has 3 aromatic rings. The number of rotatable bonds is 6. The van der Waals surface area contributed by atoms with Crippen molar-refractivity contribution in [1.82, 2.24) is 10.1 Å². The first kappa shape index (κ1) is 15.4. The summed E-state index contributed by atoms with van der Waals surface area (Å²) in [6.45, 7) is 0. The van der Waals surface area contributed by atoms with Crippen LogP contribution in [0.25, 0.3) is 11.4 Å². The third-order valence-corrected chi connectivity index (χ3v) is 4.21. The van der Waals surface area contributed by atoms with Gasteiger partial charge < -0.3 is 14.0 Å². The molecular formula is C17H16N2O3S. The minimum Gasteiger partial charge on any atom is -0.497 e. The molecule has 0 aliphatic rings. The summed E-state index contributed by atoms with van der Waals surface area (Å²) in [5.41, 5.74) is 0.869. The van der Waals surface area contributed by atoms with Gasteiger partial charge in [0, 0.05) is 10.5 Å².